The van der Waals surface area contributed by atoms with Crippen LogP contribution in [0.3, 0.4) is 0 Å². The van der Waals surface area contributed by atoms with E-state index in [4.69, 9.17) is 0 Å². The van der Waals surface area contributed by atoms with E-state index in [0.29, 0.717) is 5.54 Å². The van der Waals surface area contributed by atoms with Gasteiger partial charge in [-0.3, -0.25) is 4.90 Å². The van der Waals surface area contributed by atoms with Crippen molar-refractivity contribution in [1.82, 2.24) is 10.2 Å². The predicted octanol–water partition coefficient (Wildman–Crippen LogP) is 3.27. The average Bonchev–Trinajstić information content (AvgIpc) is 3.18. The molecular weight excluding hydrogens is 252 g/mol. The molecule has 19 heavy (non-hydrogen) atoms. The van der Waals surface area contributed by atoms with Gasteiger partial charge < -0.3 is 5.32 Å². The zero-order valence-electron chi connectivity index (χ0n) is 12.2. The minimum absolute atomic E-state index is 0.362. The second-order valence-electron chi connectivity index (χ2n) is 6.40. The SMILES string of the molecule is CCc1ccc(CN2CCCNC(C)(C3CC3)C2)s1. The van der Waals surface area contributed by atoms with Crippen molar-refractivity contribution in [3.63, 3.8) is 0 Å². The monoisotopic (exact) mass is 278 g/mol. The standard InChI is InChI=1S/C16H26N2S/c1-3-14-7-8-15(19-14)11-18-10-4-9-17-16(2,12-18)13-5-6-13/h7-8,13,17H,3-6,9-12H2,1-2H3. The maximum absolute atomic E-state index is 3.81. The quantitative estimate of drug-likeness (QED) is 0.909. The molecule has 2 heterocycles. The van der Waals surface area contributed by atoms with Crippen LogP contribution in [0.1, 0.15) is 42.9 Å². The highest BCUT2D eigenvalue weighted by molar-refractivity contribution is 7.11. The number of nitrogens with one attached hydrogen (secondary N) is 1. The highest BCUT2D eigenvalue weighted by atomic mass is 32.1. The van der Waals surface area contributed by atoms with Crippen LogP contribution in [-0.2, 0) is 13.0 Å². The third kappa shape index (κ3) is 3.21. The fourth-order valence-corrected chi connectivity index (χ4v) is 4.32. The first-order valence-corrected chi connectivity index (χ1v) is 8.56. The van der Waals surface area contributed by atoms with Gasteiger partial charge in [0.2, 0.25) is 0 Å². The Hall–Kier alpha value is -0.380. The van der Waals surface area contributed by atoms with Crippen molar-refractivity contribution in [2.24, 2.45) is 5.92 Å². The lowest BCUT2D eigenvalue weighted by Gasteiger charge is -2.33. The summed E-state index contributed by atoms with van der Waals surface area (Å²) in [6.45, 7) is 9.49. The third-order valence-corrected chi connectivity index (χ3v) is 5.87. The summed E-state index contributed by atoms with van der Waals surface area (Å²) in [5.74, 6) is 0.919. The molecule has 2 fully saturated rings. The Labute approximate surface area is 121 Å². The van der Waals surface area contributed by atoms with E-state index in [0.717, 1.165) is 12.5 Å². The molecule has 1 saturated carbocycles. The molecule has 2 nitrogen and oxygen atoms in total. The molecule has 2 aliphatic rings. The van der Waals surface area contributed by atoms with Crippen molar-refractivity contribution < 1.29 is 0 Å². The number of nitrogens with zero attached hydrogens (tertiary/aromatic N) is 1. The highest BCUT2D eigenvalue weighted by Crippen LogP contribution is 2.40. The fourth-order valence-electron chi connectivity index (χ4n) is 3.32. The molecule has 0 bridgehead atoms. The van der Waals surface area contributed by atoms with Gasteiger partial charge >= 0.3 is 0 Å². The average molecular weight is 278 g/mol. The third-order valence-electron chi connectivity index (χ3n) is 4.66. The number of rotatable bonds is 4. The van der Waals surface area contributed by atoms with Crippen molar-refractivity contribution in [2.75, 3.05) is 19.6 Å². The van der Waals surface area contributed by atoms with Crippen LogP contribution in [0.2, 0.25) is 0 Å². The van der Waals surface area contributed by atoms with Gasteiger partial charge in [-0.1, -0.05) is 6.92 Å². The van der Waals surface area contributed by atoms with Gasteiger partial charge in [0.25, 0.3) is 0 Å². The smallest absolute Gasteiger partial charge is 0.0328 e. The first-order chi connectivity index (χ1) is 9.19. The molecule has 1 aromatic rings. The molecule has 1 aromatic heterocycles. The van der Waals surface area contributed by atoms with Gasteiger partial charge in [-0.05, 0) is 63.7 Å². The van der Waals surface area contributed by atoms with Gasteiger partial charge in [0.15, 0.2) is 0 Å². The summed E-state index contributed by atoms with van der Waals surface area (Å²) in [6, 6.07) is 4.63. The van der Waals surface area contributed by atoms with E-state index in [1.54, 1.807) is 0 Å². The summed E-state index contributed by atoms with van der Waals surface area (Å²) in [4.78, 5) is 5.73. The van der Waals surface area contributed by atoms with E-state index in [9.17, 15) is 0 Å². The summed E-state index contributed by atoms with van der Waals surface area (Å²) in [5.41, 5.74) is 0.362. The van der Waals surface area contributed by atoms with Crippen LogP contribution in [-0.4, -0.2) is 30.1 Å². The van der Waals surface area contributed by atoms with Crippen molar-refractivity contribution >= 4 is 11.3 Å². The van der Waals surface area contributed by atoms with Crippen LogP contribution < -0.4 is 5.32 Å². The molecule has 1 aliphatic carbocycles. The fraction of sp³-hybridized carbons (Fsp3) is 0.750. The first-order valence-electron chi connectivity index (χ1n) is 7.74. The molecule has 1 aliphatic heterocycles. The van der Waals surface area contributed by atoms with Gasteiger partial charge in [0.05, 0.1) is 0 Å². The van der Waals surface area contributed by atoms with Crippen LogP contribution in [0, 0.1) is 5.92 Å². The van der Waals surface area contributed by atoms with E-state index >= 15 is 0 Å². The van der Waals surface area contributed by atoms with E-state index in [1.807, 2.05) is 11.3 Å². The lowest BCUT2D eigenvalue weighted by Crippen LogP contribution is -2.50. The van der Waals surface area contributed by atoms with Gasteiger partial charge in [-0.25, -0.2) is 0 Å². The highest BCUT2D eigenvalue weighted by Gasteiger charge is 2.42. The Kier molecular flexibility index (Phi) is 3.97. The van der Waals surface area contributed by atoms with Crippen LogP contribution in [0.15, 0.2) is 12.1 Å². The predicted molar refractivity (Wildman–Crippen MR) is 82.7 cm³/mol. The molecule has 0 radical (unpaired) electrons. The van der Waals surface area contributed by atoms with Crippen molar-refractivity contribution in [3.05, 3.63) is 21.9 Å². The molecule has 0 aromatic carbocycles. The summed E-state index contributed by atoms with van der Waals surface area (Å²) >= 11 is 2.00. The normalized spacial score (nSPS) is 29.4. The van der Waals surface area contributed by atoms with Crippen LogP contribution in [0.25, 0.3) is 0 Å². The van der Waals surface area contributed by atoms with Crippen molar-refractivity contribution in [1.29, 1.82) is 0 Å². The molecule has 3 heteroatoms. The maximum Gasteiger partial charge on any atom is 0.0328 e. The molecule has 3 rings (SSSR count). The number of hydrogen-bond donors (Lipinski definition) is 1. The van der Waals surface area contributed by atoms with E-state index in [2.05, 4.69) is 36.2 Å². The largest absolute Gasteiger partial charge is 0.310 e. The summed E-state index contributed by atoms with van der Waals surface area (Å²) in [6.07, 6.45) is 5.31. The first kappa shape index (κ1) is 13.6. The Morgan fingerprint density at radius 2 is 2.16 bits per heavy atom. The van der Waals surface area contributed by atoms with Crippen molar-refractivity contribution in [2.45, 2.75) is 51.6 Å². The minimum atomic E-state index is 0.362. The summed E-state index contributed by atoms with van der Waals surface area (Å²) in [5, 5.41) is 3.81. The van der Waals surface area contributed by atoms with Crippen LogP contribution in [0.5, 0.6) is 0 Å². The molecule has 1 atom stereocenters. The Bertz CT molecular complexity index is 424. The van der Waals surface area contributed by atoms with Gasteiger partial charge in [0, 0.05) is 28.4 Å². The zero-order chi connectivity index (χ0) is 13.3. The number of thiophene rings is 1. The number of hydrogen-bond acceptors (Lipinski definition) is 3. The molecule has 1 unspecified atom stereocenters. The molecule has 1 saturated heterocycles. The zero-order valence-corrected chi connectivity index (χ0v) is 13.1. The van der Waals surface area contributed by atoms with E-state index in [-0.39, 0.29) is 0 Å². The Morgan fingerprint density at radius 1 is 1.37 bits per heavy atom. The Morgan fingerprint density at radius 3 is 2.84 bits per heavy atom. The molecule has 0 amide bonds. The van der Waals surface area contributed by atoms with Crippen molar-refractivity contribution in [3.8, 4) is 0 Å². The summed E-state index contributed by atoms with van der Waals surface area (Å²) < 4.78 is 0. The lowest BCUT2D eigenvalue weighted by molar-refractivity contribution is 0.196. The molecular formula is C16H26N2S. The lowest BCUT2D eigenvalue weighted by atomic mass is 9.95. The van der Waals surface area contributed by atoms with E-state index in [1.165, 1.54) is 55.1 Å². The van der Waals surface area contributed by atoms with Crippen LogP contribution >= 0.6 is 11.3 Å². The maximum atomic E-state index is 3.81. The molecule has 0 spiro atoms. The van der Waals surface area contributed by atoms with Gasteiger partial charge in [-0.15, -0.1) is 11.3 Å². The van der Waals surface area contributed by atoms with Gasteiger partial charge in [-0.2, -0.15) is 0 Å². The molecule has 106 valence electrons. The summed E-state index contributed by atoms with van der Waals surface area (Å²) in [7, 11) is 0. The Balaban J connectivity index is 1.65. The second kappa shape index (κ2) is 5.55. The minimum Gasteiger partial charge on any atom is -0.310 e. The second-order valence-corrected chi connectivity index (χ2v) is 7.66. The van der Waals surface area contributed by atoms with Crippen LogP contribution in [0.4, 0.5) is 0 Å². The van der Waals surface area contributed by atoms with Gasteiger partial charge in [0.1, 0.15) is 0 Å². The molecule has 1 N–H and O–H groups in total. The topological polar surface area (TPSA) is 15.3 Å². The van der Waals surface area contributed by atoms with E-state index < -0.39 is 0 Å². The number of aryl methyl sites for hydroxylation is 1.